The van der Waals surface area contributed by atoms with Gasteiger partial charge < -0.3 is 9.80 Å². The maximum Gasteiger partial charge on any atom is 0.255 e. The lowest BCUT2D eigenvalue weighted by atomic mass is 10.0. The predicted molar refractivity (Wildman–Crippen MR) is 79.5 cm³/mol. The lowest BCUT2D eigenvalue weighted by Crippen LogP contribution is -2.47. The largest absolute Gasteiger partial charge is 0.336 e. The molecule has 2 aliphatic heterocycles. The highest BCUT2D eigenvalue weighted by atomic mass is 32.2. The van der Waals surface area contributed by atoms with Gasteiger partial charge in [-0.3, -0.25) is 9.59 Å². The Kier molecular flexibility index (Phi) is 3.81. The third-order valence-corrected chi connectivity index (χ3v) is 5.05. The van der Waals surface area contributed by atoms with Crippen LogP contribution in [0.15, 0.2) is 23.1 Å². The van der Waals surface area contributed by atoms with Gasteiger partial charge in [-0.15, -0.1) is 11.8 Å². The van der Waals surface area contributed by atoms with Gasteiger partial charge in [0, 0.05) is 48.8 Å². The number of hydrogen-bond donors (Lipinski definition) is 0. The van der Waals surface area contributed by atoms with Gasteiger partial charge in [0.2, 0.25) is 0 Å². The minimum Gasteiger partial charge on any atom is -0.336 e. The van der Waals surface area contributed by atoms with E-state index in [1.54, 1.807) is 11.8 Å². The van der Waals surface area contributed by atoms with Gasteiger partial charge in [0.25, 0.3) is 5.91 Å². The number of fused-ring (bicyclic) bond motifs is 1. The quantitative estimate of drug-likeness (QED) is 0.790. The second-order valence-corrected chi connectivity index (χ2v) is 6.40. The average Bonchev–Trinajstić information content (AvgIpc) is 2.47. The summed E-state index contributed by atoms with van der Waals surface area (Å²) in [5.41, 5.74) is 1.42. The van der Waals surface area contributed by atoms with E-state index in [-0.39, 0.29) is 11.7 Å². The van der Waals surface area contributed by atoms with Gasteiger partial charge in [-0.1, -0.05) is 12.1 Å². The normalized spacial score (nSPS) is 19.9. The van der Waals surface area contributed by atoms with Crippen molar-refractivity contribution in [3.63, 3.8) is 0 Å². The first-order valence-corrected chi connectivity index (χ1v) is 7.92. The minimum absolute atomic E-state index is 0.0668. The van der Waals surface area contributed by atoms with E-state index >= 15 is 0 Å². The molecule has 0 aliphatic carbocycles. The lowest BCUT2D eigenvalue weighted by molar-refractivity contribution is 0.0660. The van der Waals surface area contributed by atoms with Gasteiger partial charge in [0.15, 0.2) is 5.78 Å². The Morgan fingerprint density at radius 1 is 1.20 bits per heavy atom. The first kappa shape index (κ1) is 13.6. The van der Waals surface area contributed by atoms with Gasteiger partial charge in [-0.2, -0.15) is 0 Å². The number of benzene rings is 1. The molecule has 0 N–H and O–H groups in total. The fourth-order valence-corrected chi connectivity index (χ4v) is 3.78. The molecular formula is C15H18N2O2S. The van der Waals surface area contributed by atoms with Crippen molar-refractivity contribution in [1.29, 1.82) is 0 Å². The fraction of sp³-hybridized carbons (Fsp3) is 0.467. The van der Waals surface area contributed by atoms with Crippen LogP contribution in [0.1, 0.15) is 27.1 Å². The number of piperazine rings is 1. The summed E-state index contributed by atoms with van der Waals surface area (Å²) in [6.07, 6.45) is 0.573. The topological polar surface area (TPSA) is 40.6 Å². The molecular weight excluding hydrogens is 272 g/mol. The zero-order valence-electron chi connectivity index (χ0n) is 11.6. The zero-order valence-corrected chi connectivity index (χ0v) is 12.4. The highest BCUT2D eigenvalue weighted by molar-refractivity contribution is 7.99. The molecule has 1 fully saturated rings. The van der Waals surface area contributed by atoms with Crippen molar-refractivity contribution >= 4 is 23.5 Å². The Labute approximate surface area is 123 Å². The summed E-state index contributed by atoms with van der Waals surface area (Å²) in [6, 6.07) is 5.52. The monoisotopic (exact) mass is 290 g/mol. The Morgan fingerprint density at radius 2 is 1.95 bits per heavy atom. The number of carbonyl (C=O) groups is 2. The number of Topliss-reactive ketones (excluding diaryl/α,β-unsaturated/α-hetero) is 1. The summed E-state index contributed by atoms with van der Waals surface area (Å²) in [7, 11) is 2.07. The van der Waals surface area contributed by atoms with E-state index in [0.29, 0.717) is 12.0 Å². The summed E-state index contributed by atoms with van der Waals surface area (Å²) in [5, 5.41) is 0. The number of ketones is 1. The minimum atomic E-state index is 0.0668. The fourth-order valence-electron chi connectivity index (χ4n) is 2.64. The highest BCUT2D eigenvalue weighted by Crippen LogP contribution is 2.33. The molecule has 0 unspecified atom stereocenters. The van der Waals surface area contributed by atoms with Crippen molar-refractivity contribution < 1.29 is 9.59 Å². The van der Waals surface area contributed by atoms with Crippen LogP contribution in [0, 0.1) is 0 Å². The summed E-state index contributed by atoms with van der Waals surface area (Å²) < 4.78 is 0. The summed E-state index contributed by atoms with van der Waals surface area (Å²) in [5.74, 6) is 1.00. The zero-order chi connectivity index (χ0) is 14.1. The first-order chi connectivity index (χ1) is 9.66. The molecule has 1 saturated heterocycles. The van der Waals surface area contributed by atoms with Crippen LogP contribution in [0.5, 0.6) is 0 Å². The molecule has 0 saturated carbocycles. The van der Waals surface area contributed by atoms with Gasteiger partial charge in [-0.05, 0) is 13.1 Å². The van der Waals surface area contributed by atoms with Crippen LogP contribution in [-0.4, -0.2) is 60.5 Å². The van der Waals surface area contributed by atoms with Crippen molar-refractivity contribution in [3.8, 4) is 0 Å². The van der Waals surface area contributed by atoms with Gasteiger partial charge in [0.05, 0.1) is 5.56 Å². The van der Waals surface area contributed by atoms with Crippen LogP contribution >= 0.6 is 11.8 Å². The van der Waals surface area contributed by atoms with Crippen molar-refractivity contribution in [2.45, 2.75) is 11.3 Å². The van der Waals surface area contributed by atoms with Crippen molar-refractivity contribution in [1.82, 2.24) is 9.80 Å². The van der Waals surface area contributed by atoms with Crippen LogP contribution in [0.4, 0.5) is 0 Å². The molecule has 1 amide bonds. The van der Waals surface area contributed by atoms with Crippen molar-refractivity contribution in [3.05, 3.63) is 29.3 Å². The van der Waals surface area contributed by atoms with Crippen LogP contribution in [0.2, 0.25) is 0 Å². The molecule has 0 bridgehead atoms. The average molecular weight is 290 g/mol. The molecule has 1 aromatic rings. The molecule has 0 aromatic heterocycles. The second kappa shape index (κ2) is 5.58. The first-order valence-electron chi connectivity index (χ1n) is 6.93. The standard InChI is InChI=1S/C15H18N2O2S/c1-16-6-8-17(9-7-16)15(19)12-4-2-3-11-13(18)5-10-20-14(11)12/h2-4H,5-10H2,1H3. The number of amides is 1. The number of rotatable bonds is 1. The molecule has 0 atom stereocenters. The molecule has 3 rings (SSSR count). The molecule has 20 heavy (non-hydrogen) atoms. The number of nitrogens with zero attached hydrogens (tertiary/aromatic N) is 2. The Balaban J connectivity index is 1.89. The Morgan fingerprint density at radius 3 is 2.70 bits per heavy atom. The number of likely N-dealkylation sites (N-methyl/N-ethyl adjacent to an activating group) is 1. The SMILES string of the molecule is CN1CCN(C(=O)c2cccc3c2SCCC3=O)CC1. The molecule has 0 radical (unpaired) electrons. The van der Waals surface area contributed by atoms with E-state index < -0.39 is 0 Å². The lowest BCUT2D eigenvalue weighted by Gasteiger charge is -2.33. The van der Waals surface area contributed by atoms with E-state index in [4.69, 9.17) is 0 Å². The number of carbonyl (C=O) groups excluding carboxylic acids is 2. The highest BCUT2D eigenvalue weighted by Gasteiger charge is 2.27. The van der Waals surface area contributed by atoms with Crippen molar-refractivity contribution in [2.75, 3.05) is 39.0 Å². The van der Waals surface area contributed by atoms with E-state index in [0.717, 1.165) is 42.4 Å². The maximum absolute atomic E-state index is 12.7. The summed E-state index contributed by atoms with van der Waals surface area (Å²) >= 11 is 1.63. The van der Waals surface area contributed by atoms with Gasteiger partial charge in [-0.25, -0.2) is 0 Å². The van der Waals surface area contributed by atoms with E-state index in [1.807, 2.05) is 23.1 Å². The second-order valence-electron chi connectivity index (χ2n) is 5.30. The summed E-state index contributed by atoms with van der Waals surface area (Å²) in [6.45, 7) is 3.34. The molecule has 5 heteroatoms. The third-order valence-electron chi connectivity index (χ3n) is 3.91. The van der Waals surface area contributed by atoms with E-state index in [9.17, 15) is 9.59 Å². The van der Waals surface area contributed by atoms with Gasteiger partial charge >= 0.3 is 0 Å². The van der Waals surface area contributed by atoms with Crippen LogP contribution in [0.25, 0.3) is 0 Å². The molecule has 4 nitrogen and oxygen atoms in total. The van der Waals surface area contributed by atoms with E-state index in [2.05, 4.69) is 11.9 Å². The number of thioether (sulfide) groups is 1. The molecule has 2 aliphatic rings. The molecule has 2 heterocycles. The summed E-state index contributed by atoms with van der Waals surface area (Å²) in [4.78, 5) is 29.6. The van der Waals surface area contributed by atoms with Crippen LogP contribution < -0.4 is 0 Å². The number of hydrogen-bond acceptors (Lipinski definition) is 4. The Hall–Kier alpha value is -1.33. The predicted octanol–water partition coefficient (Wildman–Crippen LogP) is 1.75. The molecule has 1 aromatic carbocycles. The maximum atomic E-state index is 12.7. The van der Waals surface area contributed by atoms with E-state index in [1.165, 1.54) is 0 Å². The Bertz CT molecular complexity index is 551. The van der Waals surface area contributed by atoms with Crippen molar-refractivity contribution in [2.24, 2.45) is 0 Å². The molecule has 106 valence electrons. The van der Waals surface area contributed by atoms with Gasteiger partial charge in [0.1, 0.15) is 0 Å². The van der Waals surface area contributed by atoms with Crippen LogP contribution in [-0.2, 0) is 0 Å². The third kappa shape index (κ3) is 2.47. The molecule has 0 spiro atoms. The van der Waals surface area contributed by atoms with Crippen LogP contribution in [0.3, 0.4) is 0 Å². The smallest absolute Gasteiger partial charge is 0.255 e.